The van der Waals surface area contributed by atoms with E-state index in [-0.39, 0.29) is 0 Å². The van der Waals surface area contributed by atoms with Crippen molar-refractivity contribution in [1.29, 1.82) is 5.26 Å². The molecule has 0 amide bonds. The summed E-state index contributed by atoms with van der Waals surface area (Å²) in [7, 11) is 2.11. The third-order valence-corrected chi connectivity index (χ3v) is 2.96. The van der Waals surface area contributed by atoms with Crippen molar-refractivity contribution >= 4 is 0 Å². The number of nitriles is 1. The van der Waals surface area contributed by atoms with E-state index in [4.69, 9.17) is 10.00 Å². The summed E-state index contributed by atoms with van der Waals surface area (Å²) < 4.78 is 5.60. The van der Waals surface area contributed by atoms with E-state index in [1.165, 1.54) is 12.8 Å². The lowest BCUT2D eigenvalue weighted by Crippen LogP contribution is -2.30. The molecule has 0 saturated carbocycles. The predicted molar refractivity (Wildman–Crippen MR) is 60.1 cm³/mol. The van der Waals surface area contributed by atoms with Gasteiger partial charge in [0, 0.05) is 18.3 Å². The van der Waals surface area contributed by atoms with Crippen molar-refractivity contribution < 1.29 is 4.74 Å². The summed E-state index contributed by atoms with van der Waals surface area (Å²) in [5.74, 6) is 0.541. The Balaban J connectivity index is 1.92. The molecule has 16 heavy (non-hydrogen) atoms. The maximum absolute atomic E-state index is 8.74. The maximum atomic E-state index is 8.74. The molecule has 1 aliphatic rings. The van der Waals surface area contributed by atoms with Crippen LogP contribution in [0.3, 0.4) is 0 Å². The molecule has 2 heterocycles. The van der Waals surface area contributed by atoms with Gasteiger partial charge in [0.1, 0.15) is 6.61 Å². The fourth-order valence-corrected chi connectivity index (χ4v) is 1.93. The third kappa shape index (κ3) is 2.50. The largest absolute Gasteiger partial charge is 0.476 e. The molecule has 0 aromatic carbocycles. The van der Waals surface area contributed by atoms with Crippen LogP contribution in [0, 0.1) is 11.3 Å². The summed E-state index contributed by atoms with van der Waals surface area (Å²) in [5, 5.41) is 8.74. The van der Waals surface area contributed by atoms with E-state index in [2.05, 4.69) is 23.0 Å². The predicted octanol–water partition coefficient (Wildman–Crippen LogP) is 1.43. The summed E-state index contributed by atoms with van der Waals surface area (Å²) in [6.07, 6.45) is 4.01. The zero-order valence-corrected chi connectivity index (χ0v) is 9.39. The topological polar surface area (TPSA) is 49.1 Å². The number of pyridine rings is 1. The number of rotatable bonds is 3. The fourth-order valence-electron chi connectivity index (χ4n) is 1.93. The van der Waals surface area contributed by atoms with Gasteiger partial charge in [-0.3, -0.25) is 0 Å². The lowest BCUT2D eigenvalue weighted by atomic mass is 10.2. The van der Waals surface area contributed by atoms with Crippen molar-refractivity contribution in [2.45, 2.75) is 18.9 Å². The molecule has 2 rings (SSSR count). The minimum atomic E-state index is 0.479. The smallest absolute Gasteiger partial charge is 0.214 e. The summed E-state index contributed by atoms with van der Waals surface area (Å²) >= 11 is 0. The first kappa shape index (κ1) is 10.9. The molecule has 1 fully saturated rings. The number of likely N-dealkylation sites (tertiary alicyclic amines) is 1. The van der Waals surface area contributed by atoms with Crippen LogP contribution in [0.2, 0.25) is 0 Å². The number of nitrogens with zero attached hydrogens (tertiary/aromatic N) is 3. The summed E-state index contributed by atoms with van der Waals surface area (Å²) in [6.45, 7) is 1.79. The highest BCUT2D eigenvalue weighted by Crippen LogP contribution is 2.16. The van der Waals surface area contributed by atoms with Gasteiger partial charge in [-0.05, 0) is 32.5 Å². The first-order valence-corrected chi connectivity index (χ1v) is 5.49. The fraction of sp³-hybridized carbons (Fsp3) is 0.500. The first-order chi connectivity index (χ1) is 7.79. The molecule has 84 valence electrons. The highest BCUT2D eigenvalue weighted by Gasteiger charge is 2.21. The molecule has 0 spiro atoms. The van der Waals surface area contributed by atoms with Crippen LogP contribution in [0.4, 0.5) is 0 Å². The molecular formula is C12H15N3O. The monoisotopic (exact) mass is 217 g/mol. The van der Waals surface area contributed by atoms with Crippen molar-refractivity contribution in [1.82, 2.24) is 9.88 Å². The normalized spacial score (nSPS) is 20.6. The molecule has 1 unspecified atom stereocenters. The number of hydrogen-bond donors (Lipinski definition) is 0. The van der Waals surface area contributed by atoms with E-state index in [1.807, 2.05) is 0 Å². The average molecular weight is 217 g/mol. The van der Waals surface area contributed by atoms with E-state index in [9.17, 15) is 0 Å². The van der Waals surface area contributed by atoms with Crippen LogP contribution in [0.25, 0.3) is 0 Å². The Morgan fingerprint density at radius 2 is 2.56 bits per heavy atom. The molecule has 1 atom stereocenters. The van der Waals surface area contributed by atoms with E-state index >= 15 is 0 Å². The highest BCUT2D eigenvalue weighted by atomic mass is 16.5. The molecule has 1 aromatic heterocycles. The standard InChI is InChI=1S/C12H15N3O/c1-15-6-2-3-11(15)9-16-12-7-10(8-13)4-5-14-12/h4-5,7,11H,2-3,6,9H2,1H3. The van der Waals surface area contributed by atoms with E-state index in [1.54, 1.807) is 18.3 Å². The zero-order chi connectivity index (χ0) is 11.4. The second kappa shape index (κ2) is 4.95. The molecule has 0 N–H and O–H groups in total. The van der Waals surface area contributed by atoms with Gasteiger partial charge in [0.15, 0.2) is 0 Å². The molecule has 1 aromatic rings. The summed E-state index contributed by atoms with van der Waals surface area (Å²) in [4.78, 5) is 6.38. The van der Waals surface area contributed by atoms with Crippen LogP contribution in [0.1, 0.15) is 18.4 Å². The molecule has 0 bridgehead atoms. The Kier molecular flexibility index (Phi) is 3.37. The second-order valence-electron chi connectivity index (χ2n) is 4.08. The molecule has 0 aliphatic carbocycles. The minimum Gasteiger partial charge on any atom is -0.476 e. The van der Waals surface area contributed by atoms with E-state index in [0.29, 0.717) is 24.1 Å². The lowest BCUT2D eigenvalue weighted by Gasteiger charge is -2.19. The zero-order valence-electron chi connectivity index (χ0n) is 9.39. The molecule has 0 radical (unpaired) electrons. The number of hydrogen-bond acceptors (Lipinski definition) is 4. The second-order valence-corrected chi connectivity index (χ2v) is 4.08. The Morgan fingerprint density at radius 1 is 1.69 bits per heavy atom. The van der Waals surface area contributed by atoms with Crippen molar-refractivity contribution in [3.63, 3.8) is 0 Å². The van der Waals surface area contributed by atoms with Gasteiger partial charge in [-0.25, -0.2) is 4.98 Å². The van der Waals surface area contributed by atoms with Crippen LogP contribution in [0.15, 0.2) is 18.3 Å². The molecule has 1 saturated heterocycles. The van der Waals surface area contributed by atoms with Gasteiger partial charge in [0.25, 0.3) is 0 Å². The van der Waals surface area contributed by atoms with Crippen LogP contribution >= 0.6 is 0 Å². The van der Waals surface area contributed by atoms with Gasteiger partial charge in [0.05, 0.1) is 11.6 Å². The van der Waals surface area contributed by atoms with Gasteiger partial charge < -0.3 is 9.64 Å². The average Bonchev–Trinajstić information content (AvgIpc) is 2.72. The quantitative estimate of drug-likeness (QED) is 0.768. The van der Waals surface area contributed by atoms with Crippen LogP contribution < -0.4 is 4.74 Å². The first-order valence-electron chi connectivity index (χ1n) is 5.49. The van der Waals surface area contributed by atoms with Gasteiger partial charge >= 0.3 is 0 Å². The molecule has 1 aliphatic heterocycles. The van der Waals surface area contributed by atoms with Crippen LogP contribution in [0.5, 0.6) is 5.88 Å². The maximum Gasteiger partial charge on any atom is 0.214 e. The Labute approximate surface area is 95.5 Å². The number of aromatic nitrogens is 1. The van der Waals surface area contributed by atoms with Crippen molar-refractivity contribution in [3.8, 4) is 11.9 Å². The van der Waals surface area contributed by atoms with Crippen molar-refractivity contribution in [2.24, 2.45) is 0 Å². The van der Waals surface area contributed by atoms with Crippen molar-refractivity contribution in [2.75, 3.05) is 20.2 Å². The summed E-state index contributed by atoms with van der Waals surface area (Å²) in [6, 6.07) is 5.90. The van der Waals surface area contributed by atoms with Gasteiger partial charge in [-0.2, -0.15) is 5.26 Å². The van der Waals surface area contributed by atoms with Gasteiger partial charge in [-0.1, -0.05) is 0 Å². The van der Waals surface area contributed by atoms with Crippen LogP contribution in [-0.4, -0.2) is 36.1 Å². The SMILES string of the molecule is CN1CCCC1COc1cc(C#N)ccn1. The van der Waals surface area contributed by atoms with Crippen molar-refractivity contribution in [3.05, 3.63) is 23.9 Å². The van der Waals surface area contributed by atoms with Gasteiger partial charge in [-0.15, -0.1) is 0 Å². The molecule has 4 heteroatoms. The minimum absolute atomic E-state index is 0.479. The highest BCUT2D eigenvalue weighted by molar-refractivity contribution is 5.31. The Morgan fingerprint density at radius 3 is 3.25 bits per heavy atom. The van der Waals surface area contributed by atoms with E-state index < -0.39 is 0 Å². The van der Waals surface area contributed by atoms with Crippen LogP contribution in [-0.2, 0) is 0 Å². The molecular weight excluding hydrogens is 202 g/mol. The van der Waals surface area contributed by atoms with E-state index in [0.717, 1.165) is 6.54 Å². The third-order valence-electron chi connectivity index (χ3n) is 2.96. The molecule has 4 nitrogen and oxygen atoms in total. The van der Waals surface area contributed by atoms with Gasteiger partial charge in [0.2, 0.25) is 5.88 Å². The number of ether oxygens (including phenoxy) is 1. The number of likely N-dealkylation sites (N-methyl/N-ethyl adjacent to an activating group) is 1. The lowest BCUT2D eigenvalue weighted by molar-refractivity contribution is 0.193. The Bertz CT molecular complexity index is 399. The summed E-state index contributed by atoms with van der Waals surface area (Å²) in [5.41, 5.74) is 0.588. The Hall–Kier alpha value is -1.60.